The van der Waals surface area contributed by atoms with E-state index in [0.29, 0.717) is 6.54 Å². The number of rotatable bonds is 4. The highest BCUT2D eigenvalue weighted by molar-refractivity contribution is 5.16. The van der Waals surface area contributed by atoms with Crippen LogP contribution in [0.25, 0.3) is 0 Å². The van der Waals surface area contributed by atoms with Crippen molar-refractivity contribution >= 4 is 0 Å². The van der Waals surface area contributed by atoms with Crippen molar-refractivity contribution in [3.05, 3.63) is 29.6 Å². The SMILES string of the molecule is Cc1cncc(CN(C)CCN)c1. The summed E-state index contributed by atoms with van der Waals surface area (Å²) < 4.78 is 0. The van der Waals surface area contributed by atoms with Gasteiger partial charge in [-0.25, -0.2) is 0 Å². The maximum atomic E-state index is 5.46. The molecule has 3 nitrogen and oxygen atoms in total. The van der Waals surface area contributed by atoms with Gasteiger partial charge in [-0.2, -0.15) is 0 Å². The molecule has 0 saturated heterocycles. The summed E-state index contributed by atoms with van der Waals surface area (Å²) in [6.07, 6.45) is 3.77. The zero-order valence-corrected chi connectivity index (χ0v) is 8.33. The Balaban J connectivity index is 2.53. The first-order chi connectivity index (χ1) is 6.22. The van der Waals surface area contributed by atoms with Crippen LogP contribution >= 0.6 is 0 Å². The minimum absolute atomic E-state index is 0.704. The third-order valence-corrected chi connectivity index (χ3v) is 1.89. The third kappa shape index (κ3) is 3.53. The van der Waals surface area contributed by atoms with Crippen LogP contribution in [0, 0.1) is 6.92 Å². The topological polar surface area (TPSA) is 42.2 Å². The highest BCUT2D eigenvalue weighted by atomic mass is 15.1. The Labute approximate surface area is 79.6 Å². The molecule has 0 aromatic carbocycles. The van der Waals surface area contributed by atoms with Crippen LogP contribution < -0.4 is 5.73 Å². The van der Waals surface area contributed by atoms with E-state index in [9.17, 15) is 0 Å². The number of nitrogens with two attached hydrogens (primary N) is 1. The first-order valence-corrected chi connectivity index (χ1v) is 4.51. The summed E-state index contributed by atoms with van der Waals surface area (Å²) in [6.45, 7) is 4.61. The van der Waals surface area contributed by atoms with Gasteiger partial charge >= 0.3 is 0 Å². The number of likely N-dealkylation sites (N-methyl/N-ethyl adjacent to an activating group) is 1. The number of hydrogen-bond acceptors (Lipinski definition) is 3. The quantitative estimate of drug-likeness (QED) is 0.742. The number of aryl methyl sites for hydroxylation is 1. The molecule has 0 radical (unpaired) electrons. The zero-order chi connectivity index (χ0) is 9.68. The van der Waals surface area contributed by atoms with Gasteiger partial charge in [-0.3, -0.25) is 4.98 Å². The van der Waals surface area contributed by atoms with Crippen LogP contribution in [0.4, 0.5) is 0 Å². The lowest BCUT2D eigenvalue weighted by Gasteiger charge is -2.14. The molecule has 0 saturated carbocycles. The van der Waals surface area contributed by atoms with Crippen molar-refractivity contribution in [1.82, 2.24) is 9.88 Å². The van der Waals surface area contributed by atoms with Crippen LogP contribution in [0.1, 0.15) is 11.1 Å². The summed E-state index contributed by atoms with van der Waals surface area (Å²) in [7, 11) is 2.06. The van der Waals surface area contributed by atoms with E-state index in [1.807, 2.05) is 12.4 Å². The molecular formula is C10H17N3. The predicted molar refractivity (Wildman–Crippen MR) is 54.4 cm³/mol. The average Bonchev–Trinajstić information content (AvgIpc) is 2.04. The van der Waals surface area contributed by atoms with E-state index in [1.165, 1.54) is 11.1 Å². The Bertz CT molecular complexity index is 260. The molecule has 2 N–H and O–H groups in total. The highest BCUT2D eigenvalue weighted by Gasteiger charge is 1.98. The second-order valence-corrected chi connectivity index (χ2v) is 3.40. The fourth-order valence-electron chi connectivity index (χ4n) is 1.32. The molecule has 72 valence electrons. The van der Waals surface area contributed by atoms with E-state index >= 15 is 0 Å². The molecule has 0 aliphatic rings. The third-order valence-electron chi connectivity index (χ3n) is 1.89. The molecular weight excluding hydrogens is 162 g/mol. The molecule has 1 aromatic heterocycles. The first-order valence-electron chi connectivity index (χ1n) is 4.51. The molecule has 0 aliphatic heterocycles. The Morgan fingerprint density at radius 2 is 2.23 bits per heavy atom. The predicted octanol–water partition coefficient (Wildman–Crippen LogP) is 0.781. The van der Waals surface area contributed by atoms with E-state index in [-0.39, 0.29) is 0 Å². The van der Waals surface area contributed by atoms with Gasteiger partial charge in [0.2, 0.25) is 0 Å². The minimum atomic E-state index is 0.704. The van der Waals surface area contributed by atoms with E-state index in [4.69, 9.17) is 5.73 Å². The fraction of sp³-hybridized carbons (Fsp3) is 0.500. The van der Waals surface area contributed by atoms with Gasteiger partial charge in [-0.15, -0.1) is 0 Å². The summed E-state index contributed by atoms with van der Waals surface area (Å²) in [5, 5.41) is 0. The zero-order valence-electron chi connectivity index (χ0n) is 8.33. The van der Waals surface area contributed by atoms with Crippen molar-refractivity contribution in [3.63, 3.8) is 0 Å². The van der Waals surface area contributed by atoms with Crippen LogP contribution in [0.15, 0.2) is 18.5 Å². The van der Waals surface area contributed by atoms with Gasteiger partial charge in [0.05, 0.1) is 0 Å². The number of aromatic nitrogens is 1. The largest absolute Gasteiger partial charge is 0.329 e. The van der Waals surface area contributed by atoms with Crippen LogP contribution in [0.2, 0.25) is 0 Å². The van der Waals surface area contributed by atoms with Crippen LogP contribution in [0.3, 0.4) is 0 Å². The lowest BCUT2D eigenvalue weighted by Crippen LogP contribution is -2.25. The molecule has 1 heterocycles. The van der Waals surface area contributed by atoms with Gasteiger partial charge in [0.1, 0.15) is 0 Å². The molecule has 0 amide bonds. The first kappa shape index (κ1) is 10.2. The Morgan fingerprint density at radius 1 is 1.46 bits per heavy atom. The van der Waals surface area contributed by atoms with Crippen LogP contribution in [0.5, 0.6) is 0 Å². The lowest BCUT2D eigenvalue weighted by molar-refractivity contribution is 0.336. The van der Waals surface area contributed by atoms with Crippen molar-refractivity contribution in [2.45, 2.75) is 13.5 Å². The Morgan fingerprint density at radius 3 is 2.85 bits per heavy atom. The number of hydrogen-bond donors (Lipinski definition) is 1. The standard InChI is InChI=1S/C10H17N3/c1-9-5-10(7-12-6-9)8-13(2)4-3-11/h5-7H,3-4,8,11H2,1-2H3. The van der Waals surface area contributed by atoms with E-state index in [0.717, 1.165) is 13.1 Å². The number of pyridine rings is 1. The van der Waals surface area contributed by atoms with Crippen LogP contribution in [-0.4, -0.2) is 30.0 Å². The van der Waals surface area contributed by atoms with Crippen molar-refractivity contribution in [2.75, 3.05) is 20.1 Å². The summed E-state index contributed by atoms with van der Waals surface area (Å²) in [4.78, 5) is 6.33. The molecule has 1 aromatic rings. The maximum Gasteiger partial charge on any atom is 0.0313 e. The summed E-state index contributed by atoms with van der Waals surface area (Å²) in [6, 6.07) is 2.15. The van der Waals surface area contributed by atoms with Gasteiger partial charge in [0, 0.05) is 32.0 Å². The van der Waals surface area contributed by atoms with E-state index < -0.39 is 0 Å². The van der Waals surface area contributed by atoms with E-state index in [1.54, 1.807) is 0 Å². The Kier molecular flexibility index (Phi) is 3.86. The highest BCUT2D eigenvalue weighted by Crippen LogP contribution is 2.03. The molecule has 13 heavy (non-hydrogen) atoms. The molecule has 0 atom stereocenters. The van der Waals surface area contributed by atoms with Crippen LogP contribution in [-0.2, 0) is 6.54 Å². The fourth-order valence-corrected chi connectivity index (χ4v) is 1.32. The molecule has 0 fully saturated rings. The van der Waals surface area contributed by atoms with Gasteiger partial charge in [-0.05, 0) is 25.1 Å². The summed E-state index contributed by atoms with van der Waals surface area (Å²) >= 11 is 0. The molecule has 0 spiro atoms. The monoisotopic (exact) mass is 179 g/mol. The smallest absolute Gasteiger partial charge is 0.0313 e. The van der Waals surface area contributed by atoms with E-state index in [2.05, 4.69) is 29.9 Å². The van der Waals surface area contributed by atoms with Crippen molar-refractivity contribution in [2.24, 2.45) is 5.73 Å². The second-order valence-electron chi connectivity index (χ2n) is 3.40. The van der Waals surface area contributed by atoms with Crippen molar-refractivity contribution < 1.29 is 0 Å². The van der Waals surface area contributed by atoms with Gasteiger partial charge in [-0.1, -0.05) is 6.07 Å². The lowest BCUT2D eigenvalue weighted by atomic mass is 10.2. The average molecular weight is 179 g/mol. The Hall–Kier alpha value is -0.930. The van der Waals surface area contributed by atoms with Crippen molar-refractivity contribution in [1.29, 1.82) is 0 Å². The molecule has 0 unspecified atom stereocenters. The summed E-state index contributed by atoms with van der Waals surface area (Å²) in [5.74, 6) is 0. The molecule has 1 rings (SSSR count). The maximum absolute atomic E-state index is 5.46. The van der Waals surface area contributed by atoms with Gasteiger partial charge in [0.25, 0.3) is 0 Å². The van der Waals surface area contributed by atoms with Crippen molar-refractivity contribution in [3.8, 4) is 0 Å². The second kappa shape index (κ2) is 4.94. The normalized spacial score (nSPS) is 10.8. The molecule has 3 heteroatoms. The van der Waals surface area contributed by atoms with Gasteiger partial charge < -0.3 is 10.6 Å². The number of nitrogens with zero attached hydrogens (tertiary/aromatic N) is 2. The van der Waals surface area contributed by atoms with Gasteiger partial charge in [0.15, 0.2) is 0 Å². The summed E-state index contributed by atoms with van der Waals surface area (Å²) in [5.41, 5.74) is 7.91. The molecule has 0 bridgehead atoms. The minimum Gasteiger partial charge on any atom is -0.329 e. The molecule has 0 aliphatic carbocycles.